The molecule has 0 saturated heterocycles. The number of nitrogens with one attached hydrogen (secondary N) is 2. The van der Waals surface area contributed by atoms with E-state index < -0.39 is 23.3 Å². The number of hydrogen-bond donors (Lipinski definition) is 2. The van der Waals surface area contributed by atoms with Gasteiger partial charge in [-0.1, -0.05) is 0 Å². The van der Waals surface area contributed by atoms with Gasteiger partial charge in [0.25, 0.3) is 0 Å². The molecular weight excluding hydrogens is 314 g/mol. The molecule has 1 aromatic rings. The van der Waals surface area contributed by atoms with E-state index in [1.165, 1.54) is 13.3 Å². The monoisotopic (exact) mass is 335 g/mol. The van der Waals surface area contributed by atoms with Gasteiger partial charge >= 0.3 is 17.8 Å². The van der Waals surface area contributed by atoms with Gasteiger partial charge in [-0.15, -0.1) is 0 Å². The SMILES string of the molecule is COC(=O)COc1ccc(/C=N/NC(=O)C(=O)NC(C)(C)C)cc1. The van der Waals surface area contributed by atoms with Crippen LogP contribution in [0, 0.1) is 0 Å². The van der Waals surface area contributed by atoms with Crippen LogP contribution in [0.3, 0.4) is 0 Å². The van der Waals surface area contributed by atoms with Crippen LogP contribution in [-0.4, -0.2) is 43.3 Å². The largest absolute Gasteiger partial charge is 0.482 e. The van der Waals surface area contributed by atoms with Gasteiger partial charge in [0.2, 0.25) is 0 Å². The molecule has 1 rings (SSSR count). The molecular formula is C16H21N3O5. The maximum absolute atomic E-state index is 11.5. The number of rotatable bonds is 5. The molecule has 2 N–H and O–H groups in total. The highest BCUT2D eigenvalue weighted by Crippen LogP contribution is 2.11. The van der Waals surface area contributed by atoms with Crippen LogP contribution in [0.15, 0.2) is 29.4 Å². The van der Waals surface area contributed by atoms with Crippen LogP contribution in [0.25, 0.3) is 0 Å². The van der Waals surface area contributed by atoms with E-state index in [1.807, 2.05) is 0 Å². The van der Waals surface area contributed by atoms with E-state index in [2.05, 4.69) is 20.6 Å². The average Bonchev–Trinajstić information content (AvgIpc) is 2.52. The second kappa shape index (κ2) is 8.66. The Bertz CT molecular complexity index is 618. The Balaban J connectivity index is 2.49. The standard InChI is InChI=1S/C16H21N3O5/c1-16(2,3)18-14(21)15(22)19-17-9-11-5-7-12(8-6-11)24-10-13(20)23-4/h5-9H,10H2,1-4H3,(H,18,21)(H,19,22)/b17-9+. The molecule has 0 aliphatic rings. The van der Waals surface area contributed by atoms with Crippen molar-refractivity contribution in [3.8, 4) is 5.75 Å². The fourth-order valence-electron chi connectivity index (χ4n) is 1.46. The Morgan fingerprint density at radius 1 is 1.12 bits per heavy atom. The quantitative estimate of drug-likeness (QED) is 0.355. The molecule has 0 unspecified atom stereocenters. The van der Waals surface area contributed by atoms with Gasteiger partial charge in [0, 0.05) is 5.54 Å². The summed E-state index contributed by atoms with van der Waals surface area (Å²) < 4.78 is 9.66. The highest BCUT2D eigenvalue weighted by Gasteiger charge is 2.19. The summed E-state index contributed by atoms with van der Waals surface area (Å²) in [5.41, 5.74) is 2.32. The van der Waals surface area contributed by atoms with E-state index in [-0.39, 0.29) is 6.61 Å². The van der Waals surface area contributed by atoms with E-state index in [9.17, 15) is 14.4 Å². The highest BCUT2D eigenvalue weighted by molar-refractivity contribution is 6.35. The first-order valence-electron chi connectivity index (χ1n) is 7.16. The van der Waals surface area contributed by atoms with E-state index in [0.29, 0.717) is 11.3 Å². The molecule has 1 aromatic carbocycles. The minimum atomic E-state index is -0.848. The second-order valence-corrected chi connectivity index (χ2v) is 5.84. The van der Waals surface area contributed by atoms with Gasteiger partial charge in [-0.2, -0.15) is 5.10 Å². The molecule has 8 heteroatoms. The van der Waals surface area contributed by atoms with E-state index in [0.717, 1.165) is 0 Å². The number of amides is 2. The third-order valence-electron chi connectivity index (χ3n) is 2.54. The summed E-state index contributed by atoms with van der Waals surface area (Å²) in [6.07, 6.45) is 1.38. The zero-order valence-electron chi connectivity index (χ0n) is 14.1. The summed E-state index contributed by atoms with van der Waals surface area (Å²) in [4.78, 5) is 34.0. The minimum Gasteiger partial charge on any atom is -0.482 e. The van der Waals surface area contributed by atoms with Gasteiger partial charge in [0.1, 0.15) is 5.75 Å². The zero-order valence-corrected chi connectivity index (χ0v) is 14.1. The summed E-state index contributed by atoms with van der Waals surface area (Å²) in [5, 5.41) is 6.23. The number of methoxy groups -OCH3 is 1. The summed E-state index contributed by atoms with van der Waals surface area (Å²) >= 11 is 0. The van der Waals surface area contributed by atoms with Crippen LogP contribution >= 0.6 is 0 Å². The predicted octanol–water partition coefficient (Wildman–Crippen LogP) is 0.603. The Labute approximate surface area is 140 Å². The summed E-state index contributed by atoms with van der Waals surface area (Å²) in [6, 6.07) is 6.63. The first kappa shape index (κ1) is 19.1. The molecule has 0 spiro atoms. The molecule has 0 aromatic heterocycles. The van der Waals surface area contributed by atoms with Crippen molar-refractivity contribution in [1.29, 1.82) is 0 Å². The average molecular weight is 335 g/mol. The number of hydrogen-bond acceptors (Lipinski definition) is 6. The molecule has 0 atom stereocenters. The summed E-state index contributed by atoms with van der Waals surface area (Å²) in [7, 11) is 1.28. The van der Waals surface area contributed by atoms with Crippen LogP contribution in [0.4, 0.5) is 0 Å². The van der Waals surface area contributed by atoms with Gasteiger partial charge in [-0.25, -0.2) is 10.2 Å². The number of hydrazone groups is 1. The zero-order chi connectivity index (χ0) is 18.2. The third-order valence-corrected chi connectivity index (χ3v) is 2.54. The first-order chi connectivity index (χ1) is 11.2. The highest BCUT2D eigenvalue weighted by atomic mass is 16.6. The lowest BCUT2D eigenvalue weighted by molar-refractivity contribution is -0.142. The van der Waals surface area contributed by atoms with E-state index in [1.54, 1.807) is 45.0 Å². The normalized spacial score (nSPS) is 11.0. The van der Waals surface area contributed by atoms with Crippen LogP contribution < -0.4 is 15.5 Å². The maximum Gasteiger partial charge on any atom is 0.343 e. The van der Waals surface area contributed by atoms with Crippen molar-refractivity contribution in [3.63, 3.8) is 0 Å². The predicted molar refractivity (Wildman–Crippen MR) is 87.6 cm³/mol. The molecule has 0 saturated carbocycles. The molecule has 8 nitrogen and oxygen atoms in total. The number of benzene rings is 1. The second-order valence-electron chi connectivity index (χ2n) is 5.84. The fourth-order valence-corrected chi connectivity index (χ4v) is 1.46. The first-order valence-corrected chi connectivity index (χ1v) is 7.16. The van der Waals surface area contributed by atoms with E-state index in [4.69, 9.17) is 4.74 Å². The van der Waals surface area contributed by atoms with Crippen molar-refractivity contribution in [1.82, 2.24) is 10.7 Å². The summed E-state index contributed by atoms with van der Waals surface area (Å²) in [5.74, 6) is -1.59. The number of carbonyl (C=O) groups excluding carboxylic acids is 3. The summed E-state index contributed by atoms with van der Waals surface area (Å²) in [6.45, 7) is 5.13. The molecule has 0 aliphatic heterocycles. The number of esters is 1. The Morgan fingerprint density at radius 3 is 2.29 bits per heavy atom. The van der Waals surface area contributed by atoms with Gasteiger partial charge < -0.3 is 14.8 Å². The van der Waals surface area contributed by atoms with Crippen molar-refractivity contribution in [2.75, 3.05) is 13.7 Å². The Morgan fingerprint density at radius 2 is 1.75 bits per heavy atom. The lowest BCUT2D eigenvalue weighted by Crippen LogP contribution is -2.47. The van der Waals surface area contributed by atoms with Gasteiger partial charge in [0.05, 0.1) is 13.3 Å². The van der Waals surface area contributed by atoms with Gasteiger partial charge in [-0.3, -0.25) is 9.59 Å². The van der Waals surface area contributed by atoms with Crippen molar-refractivity contribution < 1.29 is 23.9 Å². The maximum atomic E-state index is 11.5. The molecule has 0 heterocycles. The van der Waals surface area contributed by atoms with Crippen molar-refractivity contribution >= 4 is 24.0 Å². The van der Waals surface area contributed by atoms with Crippen LogP contribution in [0.1, 0.15) is 26.3 Å². The van der Waals surface area contributed by atoms with Crippen LogP contribution in [-0.2, 0) is 19.1 Å². The van der Waals surface area contributed by atoms with Gasteiger partial charge in [-0.05, 0) is 50.6 Å². The molecule has 0 fully saturated rings. The molecule has 0 bridgehead atoms. The Kier molecular flexibility index (Phi) is 6.91. The third kappa shape index (κ3) is 7.39. The van der Waals surface area contributed by atoms with Crippen molar-refractivity contribution in [2.45, 2.75) is 26.3 Å². The van der Waals surface area contributed by atoms with Crippen LogP contribution in [0.2, 0.25) is 0 Å². The smallest absolute Gasteiger partial charge is 0.343 e. The lowest BCUT2D eigenvalue weighted by Gasteiger charge is -2.19. The molecule has 130 valence electrons. The number of carbonyl (C=O) groups is 3. The minimum absolute atomic E-state index is 0.178. The number of ether oxygens (including phenoxy) is 2. The van der Waals surface area contributed by atoms with Crippen LogP contribution in [0.5, 0.6) is 5.75 Å². The topological polar surface area (TPSA) is 106 Å². The van der Waals surface area contributed by atoms with Gasteiger partial charge in [0.15, 0.2) is 6.61 Å². The molecule has 2 amide bonds. The van der Waals surface area contributed by atoms with Crippen molar-refractivity contribution in [2.24, 2.45) is 5.10 Å². The molecule has 0 radical (unpaired) electrons. The lowest BCUT2D eigenvalue weighted by atomic mass is 10.1. The van der Waals surface area contributed by atoms with Crippen molar-refractivity contribution in [3.05, 3.63) is 29.8 Å². The fraction of sp³-hybridized carbons (Fsp3) is 0.375. The van der Waals surface area contributed by atoms with E-state index >= 15 is 0 Å². The Hall–Kier alpha value is -2.90. The number of nitrogens with zero attached hydrogens (tertiary/aromatic N) is 1. The molecule has 0 aliphatic carbocycles. The molecule has 24 heavy (non-hydrogen) atoms.